The van der Waals surface area contributed by atoms with Gasteiger partial charge in [0.1, 0.15) is 5.75 Å². The number of rotatable bonds is 6. The SMILES string of the molecule is CC(C)CNCc1c(Cl)cccc1OC1CCCCC1. The van der Waals surface area contributed by atoms with E-state index in [1.807, 2.05) is 18.2 Å². The summed E-state index contributed by atoms with van der Waals surface area (Å²) in [5.74, 6) is 1.60. The van der Waals surface area contributed by atoms with E-state index in [-0.39, 0.29) is 0 Å². The van der Waals surface area contributed by atoms with E-state index in [0.717, 1.165) is 29.4 Å². The molecule has 0 spiro atoms. The summed E-state index contributed by atoms with van der Waals surface area (Å²) in [5.41, 5.74) is 1.10. The molecule has 3 heteroatoms. The first-order valence-corrected chi connectivity index (χ1v) is 8.19. The molecule has 112 valence electrons. The summed E-state index contributed by atoms with van der Waals surface area (Å²) in [6.45, 7) is 6.19. The van der Waals surface area contributed by atoms with Crippen molar-refractivity contribution in [1.82, 2.24) is 5.32 Å². The zero-order valence-electron chi connectivity index (χ0n) is 12.6. The van der Waals surface area contributed by atoms with Gasteiger partial charge in [0, 0.05) is 17.1 Å². The van der Waals surface area contributed by atoms with Crippen molar-refractivity contribution in [2.24, 2.45) is 5.92 Å². The fraction of sp³-hybridized carbons (Fsp3) is 0.647. The molecule has 0 aromatic heterocycles. The molecule has 20 heavy (non-hydrogen) atoms. The molecule has 0 radical (unpaired) electrons. The van der Waals surface area contributed by atoms with Gasteiger partial charge in [0.2, 0.25) is 0 Å². The lowest BCUT2D eigenvalue weighted by Gasteiger charge is -2.25. The molecule has 1 aliphatic carbocycles. The van der Waals surface area contributed by atoms with Gasteiger partial charge in [0.05, 0.1) is 6.10 Å². The molecule has 1 aliphatic rings. The Bertz CT molecular complexity index is 413. The molecule has 1 N–H and O–H groups in total. The number of benzene rings is 1. The summed E-state index contributed by atoms with van der Waals surface area (Å²) in [6, 6.07) is 5.97. The van der Waals surface area contributed by atoms with Crippen molar-refractivity contribution in [3.63, 3.8) is 0 Å². The van der Waals surface area contributed by atoms with Gasteiger partial charge in [0.25, 0.3) is 0 Å². The van der Waals surface area contributed by atoms with E-state index in [2.05, 4.69) is 19.2 Å². The summed E-state index contributed by atoms with van der Waals surface area (Å²) < 4.78 is 6.20. The van der Waals surface area contributed by atoms with Crippen LogP contribution in [0.2, 0.25) is 5.02 Å². The summed E-state index contributed by atoms with van der Waals surface area (Å²) in [6.07, 6.45) is 6.62. The summed E-state index contributed by atoms with van der Waals surface area (Å²) in [5, 5.41) is 4.26. The molecule has 1 aromatic carbocycles. The van der Waals surface area contributed by atoms with Crippen molar-refractivity contribution < 1.29 is 4.74 Å². The minimum atomic E-state index is 0.367. The Labute approximate surface area is 127 Å². The average molecular weight is 296 g/mol. The fourth-order valence-electron chi connectivity index (χ4n) is 2.67. The smallest absolute Gasteiger partial charge is 0.125 e. The molecule has 0 aliphatic heterocycles. The van der Waals surface area contributed by atoms with Crippen LogP contribution >= 0.6 is 11.6 Å². The molecule has 0 saturated heterocycles. The highest BCUT2D eigenvalue weighted by Crippen LogP contribution is 2.30. The first kappa shape index (κ1) is 15.7. The summed E-state index contributed by atoms with van der Waals surface area (Å²) in [7, 11) is 0. The molecule has 2 nitrogen and oxygen atoms in total. The lowest BCUT2D eigenvalue weighted by atomic mass is 9.97. The van der Waals surface area contributed by atoms with Crippen LogP contribution in [-0.2, 0) is 6.54 Å². The van der Waals surface area contributed by atoms with Crippen molar-refractivity contribution >= 4 is 11.6 Å². The van der Waals surface area contributed by atoms with E-state index < -0.39 is 0 Å². The summed E-state index contributed by atoms with van der Waals surface area (Å²) in [4.78, 5) is 0. The van der Waals surface area contributed by atoms with Crippen molar-refractivity contribution in [2.75, 3.05) is 6.54 Å². The number of hydrogen-bond donors (Lipinski definition) is 1. The largest absolute Gasteiger partial charge is 0.490 e. The van der Waals surface area contributed by atoms with Crippen LogP contribution in [0.3, 0.4) is 0 Å². The van der Waals surface area contributed by atoms with E-state index in [0.29, 0.717) is 12.0 Å². The second kappa shape index (κ2) is 7.90. The van der Waals surface area contributed by atoms with Gasteiger partial charge in [-0.1, -0.05) is 37.9 Å². The van der Waals surface area contributed by atoms with Crippen LogP contribution < -0.4 is 10.1 Å². The summed E-state index contributed by atoms with van der Waals surface area (Å²) >= 11 is 6.34. The lowest BCUT2D eigenvalue weighted by molar-refractivity contribution is 0.153. The molecule has 0 bridgehead atoms. The van der Waals surface area contributed by atoms with Crippen LogP contribution in [-0.4, -0.2) is 12.6 Å². The minimum Gasteiger partial charge on any atom is -0.490 e. The van der Waals surface area contributed by atoms with Crippen LogP contribution in [0.5, 0.6) is 5.75 Å². The highest BCUT2D eigenvalue weighted by atomic mass is 35.5. The number of ether oxygens (including phenoxy) is 1. The number of hydrogen-bond acceptors (Lipinski definition) is 2. The third-order valence-electron chi connectivity index (χ3n) is 3.78. The Morgan fingerprint density at radius 3 is 2.70 bits per heavy atom. The Hall–Kier alpha value is -0.730. The highest BCUT2D eigenvalue weighted by Gasteiger charge is 2.17. The Kier molecular flexibility index (Phi) is 6.18. The maximum atomic E-state index is 6.34. The average Bonchev–Trinajstić information content (AvgIpc) is 2.43. The Morgan fingerprint density at radius 2 is 2.00 bits per heavy atom. The monoisotopic (exact) mass is 295 g/mol. The Morgan fingerprint density at radius 1 is 1.25 bits per heavy atom. The molecular weight excluding hydrogens is 270 g/mol. The van der Waals surface area contributed by atoms with Crippen LogP contribution in [0.15, 0.2) is 18.2 Å². The van der Waals surface area contributed by atoms with Crippen LogP contribution in [0.4, 0.5) is 0 Å². The van der Waals surface area contributed by atoms with Crippen molar-refractivity contribution in [3.8, 4) is 5.75 Å². The van der Waals surface area contributed by atoms with Gasteiger partial charge in [-0.3, -0.25) is 0 Å². The maximum Gasteiger partial charge on any atom is 0.125 e. The van der Waals surface area contributed by atoms with Gasteiger partial charge in [-0.2, -0.15) is 0 Å². The van der Waals surface area contributed by atoms with Gasteiger partial charge in [-0.15, -0.1) is 0 Å². The van der Waals surface area contributed by atoms with Gasteiger partial charge in [0.15, 0.2) is 0 Å². The predicted molar refractivity (Wildman–Crippen MR) is 85.5 cm³/mol. The minimum absolute atomic E-state index is 0.367. The lowest BCUT2D eigenvalue weighted by Crippen LogP contribution is -2.23. The van der Waals surface area contributed by atoms with Gasteiger partial charge in [-0.25, -0.2) is 0 Å². The maximum absolute atomic E-state index is 6.34. The van der Waals surface area contributed by atoms with Gasteiger partial charge in [-0.05, 0) is 50.3 Å². The zero-order chi connectivity index (χ0) is 14.4. The van der Waals surface area contributed by atoms with Crippen LogP contribution in [0, 0.1) is 5.92 Å². The number of halogens is 1. The molecule has 0 amide bonds. The Balaban J connectivity index is 2.01. The quantitative estimate of drug-likeness (QED) is 0.814. The highest BCUT2D eigenvalue weighted by molar-refractivity contribution is 6.31. The van der Waals surface area contributed by atoms with Crippen molar-refractivity contribution in [1.29, 1.82) is 0 Å². The first-order valence-electron chi connectivity index (χ1n) is 7.81. The molecule has 1 aromatic rings. The molecule has 0 unspecified atom stereocenters. The molecule has 0 heterocycles. The van der Waals surface area contributed by atoms with Crippen molar-refractivity contribution in [3.05, 3.63) is 28.8 Å². The topological polar surface area (TPSA) is 21.3 Å². The second-order valence-electron chi connectivity index (χ2n) is 6.12. The third-order valence-corrected chi connectivity index (χ3v) is 4.13. The standard InChI is InChI=1S/C17H26ClNO/c1-13(2)11-19-12-15-16(18)9-6-10-17(15)20-14-7-4-3-5-8-14/h6,9-10,13-14,19H,3-5,7-8,11-12H2,1-2H3. The van der Waals surface area contributed by atoms with E-state index in [4.69, 9.17) is 16.3 Å². The van der Waals surface area contributed by atoms with Crippen LogP contribution in [0.25, 0.3) is 0 Å². The normalized spacial score (nSPS) is 16.6. The van der Waals surface area contributed by atoms with Gasteiger partial charge < -0.3 is 10.1 Å². The second-order valence-corrected chi connectivity index (χ2v) is 6.53. The number of nitrogens with one attached hydrogen (secondary N) is 1. The van der Waals surface area contributed by atoms with Crippen LogP contribution in [0.1, 0.15) is 51.5 Å². The molecule has 1 fully saturated rings. The van der Waals surface area contributed by atoms with E-state index in [9.17, 15) is 0 Å². The molecule has 2 rings (SSSR count). The third kappa shape index (κ3) is 4.68. The molecular formula is C17H26ClNO. The van der Waals surface area contributed by atoms with E-state index >= 15 is 0 Å². The first-order chi connectivity index (χ1) is 9.66. The van der Waals surface area contributed by atoms with Crippen molar-refractivity contribution in [2.45, 2.75) is 58.6 Å². The van der Waals surface area contributed by atoms with E-state index in [1.165, 1.54) is 32.1 Å². The molecule has 1 saturated carbocycles. The zero-order valence-corrected chi connectivity index (χ0v) is 13.4. The predicted octanol–water partition coefficient (Wildman–Crippen LogP) is 4.80. The fourth-order valence-corrected chi connectivity index (χ4v) is 2.90. The van der Waals surface area contributed by atoms with E-state index in [1.54, 1.807) is 0 Å². The van der Waals surface area contributed by atoms with Gasteiger partial charge >= 0.3 is 0 Å². The molecule has 0 atom stereocenters.